The van der Waals surface area contributed by atoms with Crippen molar-refractivity contribution in [3.8, 4) is 0 Å². The Morgan fingerprint density at radius 1 is 1.21 bits per heavy atom. The van der Waals surface area contributed by atoms with Crippen LogP contribution < -0.4 is 5.32 Å². The minimum Gasteiger partial charge on any atom is -0.393 e. The van der Waals surface area contributed by atoms with Crippen molar-refractivity contribution in [2.75, 3.05) is 6.54 Å². The Kier molecular flexibility index (Phi) is 4.53. The second-order valence-electron chi connectivity index (χ2n) is 4.80. The summed E-state index contributed by atoms with van der Waals surface area (Å²) in [7, 11) is 0. The van der Waals surface area contributed by atoms with Gasteiger partial charge < -0.3 is 10.4 Å². The van der Waals surface area contributed by atoms with Crippen LogP contribution in [0.4, 0.5) is 0 Å². The van der Waals surface area contributed by atoms with Gasteiger partial charge in [0, 0.05) is 6.54 Å². The summed E-state index contributed by atoms with van der Waals surface area (Å²) in [6.45, 7) is 2.23. The van der Waals surface area contributed by atoms with E-state index in [1.807, 2.05) is 42.5 Å². The highest BCUT2D eigenvalue weighted by Gasteiger charge is 2.06. The van der Waals surface area contributed by atoms with Crippen LogP contribution in [0.1, 0.15) is 18.9 Å². The minimum atomic E-state index is -0.377. The lowest BCUT2D eigenvalue weighted by atomic mass is 10.0. The molecule has 19 heavy (non-hydrogen) atoms. The predicted octanol–water partition coefficient (Wildman–Crippen LogP) is 2.27. The molecule has 2 aromatic rings. The van der Waals surface area contributed by atoms with Gasteiger partial charge in [0.1, 0.15) is 0 Å². The molecule has 100 valence electrons. The van der Waals surface area contributed by atoms with E-state index in [9.17, 15) is 4.79 Å². The number of aliphatic hydroxyl groups is 1. The Labute approximate surface area is 113 Å². The van der Waals surface area contributed by atoms with Crippen molar-refractivity contribution in [3.05, 3.63) is 48.0 Å². The van der Waals surface area contributed by atoms with Crippen molar-refractivity contribution >= 4 is 16.7 Å². The Balaban J connectivity index is 2.03. The number of hydrogen-bond donors (Lipinski definition) is 2. The van der Waals surface area contributed by atoms with Gasteiger partial charge in [-0.1, -0.05) is 42.5 Å². The van der Waals surface area contributed by atoms with E-state index in [0.29, 0.717) is 19.4 Å². The molecule has 1 unspecified atom stereocenters. The number of benzene rings is 2. The van der Waals surface area contributed by atoms with Crippen LogP contribution in [0.25, 0.3) is 10.8 Å². The van der Waals surface area contributed by atoms with Gasteiger partial charge >= 0.3 is 0 Å². The number of aliphatic hydroxyl groups excluding tert-OH is 1. The molecule has 0 spiro atoms. The van der Waals surface area contributed by atoms with Crippen molar-refractivity contribution in [2.45, 2.75) is 25.9 Å². The van der Waals surface area contributed by atoms with Crippen molar-refractivity contribution in [2.24, 2.45) is 0 Å². The van der Waals surface area contributed by atoms with Crippen LogP contribution in [0.3, 0.4) is 0 Å². The average Bonchev–Trinajstić information content (AvgIpc) is 2.39. The van der Waals surface area contributed by atoms with E-state index in [4.69, 9.17) is 5.11 Å². The summed E-state index contributed by atoms with van der Waals surface area (Å²) >= 11 is 0. The molecular weight excluding hydrogens is 238 g/mol. The molecule has 0 aliphatic heterocycles. The Morgan fingerprint density at radius 3 is 2.74 bits per heavy atom. The molecule has 0 saturated carbocycles. The van der Waals surface area contributed by atoms with Gasteiger partial charge in [-0.05, 0) is 29.7 Å². The van der Waals surface area contributed by atoms with Crippen LogP contribution in [-0.4, -0.2) is 23.7 Å². The fourth-order valence-corrected chi connectivity index (χ4v) is 2.10. The Hall–Kier alpha value is -1.87. The van der Waals surface area contributed by atoms with Crippen LogP contribution in [0.15, 0.2) is 42.5 Å². The number of hydrogen-bond acceptors (Lipinski definition) is 2. The minimum absolute atomic E-state index is 0.00277. The highest BCUT2D eigenvalue weighted by molar-refractivity contribution is 5.90. The molecular formula is C16H19NO2. The lowest BCUT2D eigenvalue weighted by Crippen LogP contribution is -2.27. The topological polar surface area (TPSA) is 49.3 Å². The van der Waals surface area contributed by atoms with Crippen LogP contribution in [0, 0.1) is 0 Å². The van der Waals surface area contributed by atoms with E-state index in [1.165, 1.54) is 0 Å². The highest BCUT2D eigenvalue weighted by Crippen LogP contribution is 2.18. The zero-order valence-corrected chi connectivity index (χ0v) is 11.1. The Morgan fingerprint density at radius 2 is 1.95 bits per heavy atom. The Bertz CT molecular complexity index is 558. The van der Waals surface area contributed by atoms with Crippen LogP contribution in [-0.2, 0) is 11.2 Å². The van der Waals surface area contributed by atoms with Gasteiger partial charge in [0.2, 0.25) is 5.91 Å². The SMILES string of the molecule is CC(O)CCNC(=O)Cc1cccc2ccccc12. The fraction of sp³-hybridized carbons (Fsp3) is 0.312. The van der Waals surface area contributed by atoms with Crippen LogP contribution in [0.5, 0.6) is 0 Å². The molecule has 3 heteroatoms. The summed E-state index contributed by atoms with van der Waals surface area (Å²) in [4.78, 5) is 11.8. The maximum absolute atomic E-state index is 11.8. The van der Waals surface area contributed by atoms with E-state index < -0.39 is 0 Å². The zero-order chi connectivity index (χ0) is 13.7. The van der Waals surface area contributed by atoms with E-state index in [2.05, 4.69) is 5.32 Å². The lowest BCUT2D eigenvalue weighted by molar-refractivity contribution is -0.120. The lowest BCUT2D eigenvalue weighted by Gasteiger charge is -2.08. The van der Waals surface area contributed by atoms with E-state index in [-0.39, 0.29) is 12.0 Å². The maximum Gasteiger partial charge on any atom is 0.224 e. The third kappa shape index (κ3) is 3.80. The summed E-state index contributed by atoms with van der Waals surface area (Å²) in [6, 6.07) is 14.1. The molecule has 0 aliphatic rings. The third-order valence-corrected chi connectivity index (χ3v) is 3.12. The molecule has 2 rings (SSSR count). The third-order valence-electron chi connectivity index (χ3n) is 3.12. The molecule has 0 heterocycles. The first-order valence-corrected chi connectivity index (χ1v) is 6.58. The molecule has 0 bridgehead atoms. The van der Waals surface area contributed by atoms with Crippen molar-refractivity contribution in [3.63, 3.8) is 0 Å². The van der Waals surface area contributed by atoms with Gasteiger partial charge in [-0.25, -0.2) is 0 Å². The first-order valence-electron chi connectivity index (χ1n) is 6.58. The average molecular weight is 257 g/mol. The van der Waals surface area contributed by atoms with E-state index in [0.717, 1.165) is 16.3 Å². The smallest absolute Gasteiger partial charge is 0.224 e. The first kappa shape index (κ1) is 13.6. The molecule has 0 aromatic heterocycles. The molecule has 1 amide bonds. The highest BCUT2D eigenvalue weighted by atomic mass is 16.3. The zero-order valence-electron chi connectivity index (χ0n) is 11.1. The molecule has 2 N–H and O–H groups in total. The number of rotatable bonds is 5. The molecule has 0 saturated heterocycles. The van der Waals surface area contributed by atoms with Crippen molar-refractivity contribution in [1.82, 2.24) is 5.32 Å². The van der Waals surface area contributed by atoms with Crippen molar-refractivity contribution in [1.29, 1.82) is 0 Å². The van der Waals surface area contributed by atoms with Gasteiger partial charge in [-0.2, -0.15) is 0 Å². The van der Waals surface area contributed by atoms with Gasteiger partial charge in [0.25, 0.3) is 0 Å². The summed E-state index contributed by atoms with van der Waals surface area (Å²) in [5.41, 5.74) is 1.03. The molecule has 3 nitrogen and oxygen atoms in total. The fourth-order valence-electron chi connectivity index (χ4n) is 2.10. The summed E-state index contributed by atoms with van der Waals surface area (Å²) in [6.07, 6.45) is 0.584. The number of carbonyl (C=O) groups excluding carboxylic acids is 1. The van der Waals surface area contributed by atoms with E-state index in [1.54, 1.807) is 6.92 Å². The van der Waals surface area contributed by atoms with Crippen molar-refractivity contribution < 1.29 is 9.90 Å². The first-order chi connectivity index (χ1) is 9.16. The largest absolute Gasteiger partial charge is 0.393 e. The van der Waals surface area contributed by atoms with Crippen LogP contribution in [0.2, 0.25) is 0 Å². The second-order valence-corrected chi connectivity index (χ2v) is 4.80. The van der Waals surface area contributed by atoms with Gasteiger partial charge in [-0.15, -0.1) is 0 Å². The summed E-state index contributed by atoms with van der Waals surface area (Å²) < 4.78 is 0. The normalized spacial score (nSPS) is 12.3. The predicted molar refractivity (Wildman–Crippen MR) is 77.0 cm³/mol. The monoisotopic (exact) mass is 257 g/mol. The van der Waals surface area contributed by atoms with Crippen LogP contribution >= 0.6 is 0 Å². The molecule has 0 radical (unpaired) electrons. The van der Waals surface area contributed by atoms with Gasteiger partial charge in [-0.3, -0.25) is 4.79 Å². The standard InChI is InChI=1S/C16H19NO2/c1-12(18)9-10-17-16(19)11-14-7-4-6-13-5-2-3-8-15(13)14/h2-8,12,18H,9-11H2,1H3,(H,17,19). The number of carbonyl (C=O) groups is 1. The van der Waals surface area contributed by atoms with Gasteiger partial charge in [0.15, 0.2) is 0 Å². The number of amides is 1. The second kappa shape index (κ2) is 6.34. The molecule has 1 atom stereocenters. The number of nitrogens with one attached hydrogen (secondary N) is 1. The molecule has 0 fully saturated rings. The summed E-state index contributed by atoms with van der Waals surface area (Å²) in [5.74, 6) is -0.00277. The molecule has 0 aliphatic carbocycles. The summed E-state index contributed by atoms with van der Waals surface area (Å²) in [5, 5.41) is 14.2. The maximum atomic E-state index is 11.8. The van der Waals surface area contributed by atoms with E-state index >= 15 is 0 Å². The van der Waals surface area contributed by atoms with Gasteiger partial charge in [0.05, 0.1) is 12.5 Å². The molecule has 2 aromatic carbocycles. The quantitative estimate of drug-likeness (QED) is 0.863. The number of fused-ring (bicyclic) bond motifs is 1.